The van der Waals surface area contributed by atoms with Gasteiger partial charge in [-0.1, -0.05) is 20.3 Å². The summed E-state index contributed by atoms with van der Waals surface area (Å²) in [6.07, 6.45) is 3.96. The number of rotatable bonds is 9. The van der Waals surface area contributed by atoms with Crippen LogP contribution >= 0.6 is 11.3 Å². The van der Waals surface area contributed by atoms with E-state index in [0.717, 1.165) is 38.9 Å². The highest BCUT2D eigenvalue weighted by Gasteiger charge is 2.32. The smallest absolute Gasteiger partial charge is 0.263 e. The molecule has 3 heterocycles. The van der Waals surface area contributed by atoms with E-state index in [1.54, 1.807) is 6.92 Å². The van der Waals surface area contributed by atoms with E-state index in [2.05, 4.69) is 29.0 Å². The van der Waals surface area contributed by atoms with Crippen molar-refractivity contribution in [2.45, 2.75) is 51.5 Å². The molecule has 0 aromatic carbocycles. The van der Waals surface area contributed by atoms with Gasteiger partial charge in [-0.3, -0.25) is 14.2 Å². The summed E-state index contributed by atoms with van der Waals surface area (Å²) in [4.78, 5) is 33.0. The summed E-state index contributed by atoms with van der Waals surface area (Å²) in [7, 11) is -3.79. The van der Waals surface area contributed by atoms with E-state index in [0.29, 0.717) is 29.3 Å². The molecule has 3 rings (SSSR count). The Hall–Kier alpha value is -1.82. The Balaban J connectivity index is 1.85. The Morgan fingerprint density at radius 2 is 1.90 bits per heavy atom. The maximum atomic E-state index is 13.3. The van der Waals surface area contributed by atoms with Crippen LogP contribution in [-0.4, -0.2) is 72.3 Å². The molecule has 0 radical (unpaired) electrons. The van der Waals surface area contributed by atoms with Crippen molar-refractivity contribution in [1.82, 2.24) is 24.1 Å². The number of aryl methyl sites for hydroxylation is 1. The van der Waals surface area contributed by atoms with E-state index < -0.39 is 15.6 Å². The molecule has 172 valence electrons. The molecule has 0 aliphatic carbocycles. The number of amides is 1. The zero-order valence-electron chi connectivity index (χ0n) is 18.4. The van der Waals surface area contributed by atoms with E-state index in [-0.39, 0.29) is 22.7 Å². The third-order valence-electron chi connectivity index (χ3n) is 5.67. The minimum Gasteiger partial charge on any atom is -0.353 e. The van der Waals surface area contributed by atoms with Crippen molar-refractivity contribution in [2.24, 2.45) is 0 Å². The van der Waals surface area contributed by atoms with Gasteiger partial charge >= 0.3 is 0 Å². The lowest BCUT2D eigenvalue weighted by molar-refractivity contribution is -0.121. The fourth-order valence-electron chi connectivity index (χ4n) is 3.87. The Labute approximate surface area is 187 Å². The van der Waals surface area contributed by atoms with E-state index in [1.165, 1.54) is 26.5 Å². The van der Waals surface area contributed by atoms with Gasteiger partial charge in [0.15, 0.2) is 0 Å². The van der Waals surface area contributed by atoms with Gasteiger partial charge in [0.2, 0.25) is 15.9 Å². The van der Waals surface area contributed by atoms with Crippen molar-refractivity contribution in [2.75, 3.05) is 39.3 Å². The lowest BCUT2D eigenvalue weighted by Gasteiger charge is -2.25. The first-order chi connectivity index (χ1) is 14.8. The summed E-state index contributed by atoms with van der Waals surface area (Å²) >= 11 is 1.20. The second kappa shape index (κ2) is 10.2. The largest absolute Gasteiger partial charge is 0.353 e. The SMILES string of the molecule is CCN(CC)CCNC(=O)Cn1cnc2sc(C)c(S(=O)(=O)N3CCCCC3)c2c1=O. The van der Waals surface area contributed by atoms with E-state index in [4.69, 9.17) is 0 Å². The molecule has 1 aliphatic heterocycles. The third-order valence-corrected chi connectivity index (χ3v) is 8.88. The second-order valence-electron chi connectivity index (χ2n) is 7.69. The summed E-state index contributed by atoms with van der Waals surface area (Å²) in [6.45, 7) is 9.56. The van der Waals surface area contributed by atoms with Gasteiger partial charge in [-0.25, -0.2) is 13.4 Å². The Kier molecular flexibility index (Phi) is 7.84. The van der Waals surface area contributed by atoms with Crippen molar-refractivity contribution in [1.29, 1.82) is 0 Å². The van der Waals surface area contributed by atoms with Crippen molar-refractivity contribution >= 4 is 37.5 Å². The predicted molar refractivity (Wildman–Crippen MR) is 122 cm³/mol. The third kappa shape index (κ3) is 5.16. The number of carbonyl (C=O) groups is 1. The zero-order chi connectivity index (χ0) is 22.6. The molecule has 1 N–H and O–H groups in total. The molecule has 0 unspecified atom stereocenters. The molecule has 1 aliphatic rings. The Bertz CT molecular complexity index is 1080. The number of aromatic nitrogens is 2. The first kappa shape index (κ1) is 23.8. The van der Waals surface area contributed by atoms with Crippen LogP contribution in [0.5, 0.6) is 0 Å². The minimum atomic E-state index is -3.79. The number of likely N-dealkylation sites (N-methyl/N-ethyl adjacent to an activating group) is 1. The van der Waals surface area contributed by atoms with Crippen LogP contribution in [-0.2, 0) is 21.4 Å². The maximum absolute atomic E-state index is 13.3. The van der Waals surface area contributed by atoms with Gasteiger partial charge in [0, 0.05) is 31.1 Å². The molecule has 0 atom stereocenters. The zero-order valence-corrected chi connectivity index (χ0v) is 20.0. The number of sulfonamides is 1. The van der Waals surface area contributed by atoms with Crippen LogP contribution in [0.25, 0.3) is 10.2 Å². The van der Waals surface area contributed by atoms with Crippen LogP contribution in [0.3, 0.4) is 0 Å². The fourth-order valence-corrected chi connectivity index (χ4v) is 7.06. The van der Waals surface area contributed by atoms with Gasteiger partial charge in [0.25, 0.3) is 5.56 Å². The van der Waals surface area contributed by atoms with Crippen LogP contribution in [0, 0.1) is 6.92 Å². The minimum absolute atomic E-state index is 0.0446. The van der Waals surface area contributed by atoms with Gasteiger partial charge in [-0.05, 0) is 32.9 Å². The normalized spacial score (nSPS) is 15.6. The first-order valence-corrected chi connectivity index (χ1v) is 13.0. The number of nitrogens with one attached hydrogen (secondary N) is 1. The molecule has 0 saturated carbocycles. The van der Waals surface area contributed by atoms with Crippen molar-refractivity contribution in [3.8, 4) is 0 Å². The average molecular weight is 470 g/mol. The van der Waals surface area contributed by atoms with E-state index in [9.17, 15) is 18.0 Å². The predicted octanol–water partition coefficient (Wildman–Crippen LogP) is 1.40. The summed E-state index contributed by atoms with van der Waals surface area (Å²) < 4.78 is 29.3. The highest BCUT2D eigenvalue weighted by molar-refractivity contribution is 7.89. The molecule has 2 aromatic rings. The second-order valence-corrected chi connectivity index (χ2v) is 10.8. The lowest BCUT2D eigenvalue weighted by Crippen LogP contribution is -2.38. The van der Waals surface area contributed by atoms with E-state index >= 15 is 0 Å². The van der Waals surface area contributed by atoms with Crippen LogP contribution in [0.2, 0.25) is 0 Å². The van der Waals surface area contributed by atoms with Gasteiger partial charge in [-0.15, -0.1) is 11.3 Å². The van der Waals surface area contributed by atoms with Gasteiger partial charge < -0.3 is 10.2 Å². The maximum Gasteiger partial charge on any atom is 0.263 e. The molecule has 0 spiro atoms. The summed E-state index contributed by atoms with van der Waals surface area (Å²) in [5.74, 6) is -0.303. The summed E-state index contributed by atoms with van der Waals surface area (Å²) in [5, 5.41) is 2.90. The molecule has 1 saturated heterocycles. The quantitative estimate of drug-likeness (QED) is 0.595. The number of nitrogens with zero attached hydrogens (tertiary/aromatic N) is 4. The lowest BCUT2D eigenvalue weighted by atomic mass is 10.2. The molecular formula is C20H31N5O4S2. The summed E-state index contributed by atoms with van der Waals surface area (Å²) in [5.41, 5.74) is -0.496. The standard InChI is InChI=1S/C20H31N5O4S2/c1-4-23(5-2)12-9-21-16(26)13-24-14-22-19-17(20(24)27)18(15(3)30-19)31(28,29)25-10-7-6-8-11-25/h14H,4-13H2,1-3H3,(H,21,26). The Morgan fingerprint density at radius 3 is 2.55 bits per heavy atom. The number of hydrogen-bond donors (Lipinski definition) is 1. The molecule has 2 aromatic heterocycles. The summed E-state index contributed by atoms with van der Waals surface area (Å²) in [6, 6.07) is 0. The molecular weight excluding hydrogens is 438 g/mol. The van der Waals surface area contributed by atoms with Crippen LogP contribution in [0.15, 0.2) is 16.0 Å². The highest BCUT2D eigenvalue weighted by Crippen LogP contribution is 2.33. The van der Waals surface area contributed by atoms with Crippen molar-refractivity contribution in [3.05, 3.63) is 21.6 Å². The number of piperidine rings is 1. The van der Waals surface area contributed by atoms with Gasteiger partial charge in [-0.2, -0.15) is 4.31 Å². The van der Waals surface area contributed by atoms with Crippen molar-refractivity contribution in [3.63, 3.8) is 0 Å². The Morgan fingerprint density at radius 1 is 1.23 bits per heavy atom. The first-order valence-electron chi connectivity index (χ1n) is 10.8. The number of thiophene rings is 1. The molecule has 0 bridgehead atoms. The van der Waals surface area contributed by atoms with Crippen LogP contribution in [0.4, 0.5) is 0 Å². The number of carbonyl (C=O) groups excluding carboxylic acids is 1. The van der Waals surface area contributed by atoms with Crippen molar-refractivity contribution < 1.29 is 13.2 Å². The molecule has 9 nitrogen and oxygen atoms in total. The monoisotopic (exact) mass is 469 g/mol. The van der Waals surface area contributed by atoms with Gasteiger partial charge in [0.1, 0.15) is 16.3 Å². The van der Waals surface area contributed by atoms with Crippen LogP contribution < -0.4 is 10.9 Å². The molecule has 31 heavy (non-hydrogen) atoms. The number of hydrogen-bond acceptors (Lipinski definition) is 7. The average Bonchev–Trinajstić information content (AvgIpc) is 3.11. The highest BCUT2D eigenvalue weighted by atomic mass is 32.2. The van der Waals surface area contributed by atoms with Gasteiger partial charge in [0.05, 0.1) is 11.7 Å². The fraction of sp³-hybridized carbons (Fsp3) is 0.650. The molecule has 1 fully saturated rings. The topological polar surface area (TPSA) is 105 Å². The van der Waals surface area contributed by atoms with Crippen LogP contribution in [0.1, 0.15) is 38.0 Å². The number of fused-ring (bicyclic) bond motifs is 1. The van der Waals surface area contributed by atoms with E-state index in [1.807, 2.05) is 0 Å². The molecule has 11 heteroatoms. The molecule has 1 amide bonds.